The number of carbonyl (C=O) groups excluding carboxylic acids is 3. The summed E-state index contributed by atoms with van der Waals surface area (Å²) in [7, 11) is 0. The number of nitrogens with zero attached hydrogens (tertiary/aromatic N) is 4. The van der Waals surface area contributed by atoms with E-state index in [1.807, 2.05) is 0 Å². The van der Waals surface area contributed by atoms with Gasteiger partial charge in [0.15, 0.2) is 11.5 Å². The number of morpholine rings is 1. The molecular formula is C28H26N4O9S2. The molecule has 3 atom stereocenters. The van der Waals surface area contributed by atoms with Crippen LogP contribution in [0, 0.1) is 16.0 Å². The Kier molecular flexibility index (Phi) is 7.70. The quantitative estimate of drug-likeness (QED) is 0.234. The number of carbonyl (C=O) groups is 3. The Labute approximate surface area is 252 Å². The van der Waals surface area contributed by atoms with E-state index in [9.17, 15) is 34.4 Å². The van der Waals surface area contributed by atoms with E-state index in [0.717, 1.165) is 28.0 Å². The van der Waals surface area contributed by atoms with Crippen LogP contribution in [0.15, 0.2) is 52.3 Å². The number of thioether (sulfide) groups is 1. The summed E-state index contributed by atoms with van der Waals surface area (Å²) in [4.78, 5) is 67.8. The normalized spacial score (nSPS) is 21.5. The number of non-ortho nitro benzene ring substituents is 1. The van der Waals surface area contributed by atoms with Crippen LogP contribution in [0.25, 0.3) is 0 Å². The van der Waals surface area contributed by atoms with Gasteiger partial charge >= 0.3 is 4.87 Å². The Morgan fingerprint density at radius 2 is 1.84 bits per heavy atom. The van der Waals surface area contributed by atoms with E-state index in [2.05, 4.69) is 0 Å². The summed E-state index contributed by atoms with van der Waals surface area (Å²) < 4.78 is 12.3. The number of imide groups is 1. The van der Waals surface area contributed by atoms with E-state index in [4.69, 9.17) is 9.47 Å². The smallest absolute Gasteiger partial charge is 0.308 e. The second-order valence-corrected chi connectivity index (χ2v) is 12.2. The first-order valence-electron chi connectivity index (χ1n) is 13.5. The number of hydrogen-bond acceptors (Lipinski definition) is 11. The molecule has 13 nitrogen and oxygen atoms in total. The second-order valence-electron chi connectivity index (χ2n) is 10.1. The highest BCUT2D eigenvalue weighted by atomic mass is 32.2. The molecular weight excluding hydrogens is 600 g/mol. The Balaban J connectivity index is 1.44. The highest BCUT2D eigenvalue weighted by Gasteiger charge is 2.57. The van der Waals surface area contributed by atoms with E-state index < -0.39 is 33.8 Å². The van der Waals surface area contributed by atoms with Crippen molar-refractivity contribution in [2.24, 2.45) is 5.92 Å². The minimum Gasteiger partial charge on any atom is -0.504 e. The van der Waals surface area contributed by atoms with Crippen molar-refractivity contribution in [1.82, 2.24) is 9.47 Å². The number of aromatic nitrogens is 1. The van der Waals surface area contributed by atoms with Gasteiger partial charge in [-0.2, -0.15) is 0 Å². The molecule has 2 aromatic carbocycles. The lowest BCUT2D eigenvalue weighted by Crippen LogP contribution is -2.43. The van der Waals surface area contributed by atoms with Crippen molar-refractivity contribution in [3.05, 3.63) is 72.7 Å². The summed E-state index contributed by atoms with van der Waals surface area (Å²) in [6.07, 6.45) is 0. The van der Waals surface area contributed by atoms with Gasteiger partial charge in [-0.05, 0) is 36.8 Å². The molecule has 43 heavy (non-hydrogen) atoms. The number of anilines is 1. The Morgan fingerprint density at radius 3 is 2.51 bits per heavy atom. The number of benzene rings is 2. The second kappa shape index (κ2) is 11.5. The summed E-state index contributed by atoms with van der Waals surface area (Å²) in [6, 6.07) is 9.81. The van der Waals surface area contributed by atoms with Gasteiger partial charge in [0.2, 0.25) is 17.7 Å². The summed E-state index contributed by atoms with van der Waals surface area (Å²) >= 11 is 1.99. The maximum absolute atomic E-state index is 14.0. The molecule has 3 aromatic rings. The first-order valence-corrected chi connectivity index (χ1v) is 15.2. The first kappa shape index (κ1) is 28.9. The molecule has 15 heteroatoms. The van der Waals surface area contributed by atoms with E-state index in [-0.39, 0.29) is 46.8 Å². The zero-order valence-corrected chi connectivity index (χ0v) is 24.5. The zero-order chi connectivity index (χ0) is 30.4. The lowest BCUT2D eigenvalue weighted by atomic mass is 9.83. The highest BCUT2D eigenvalue weighted by Crippen LogP contribution is 2.54. The van der Waals surface area contributed by atoms with Gasteiger partial charge in [0.05, 0.1) is 41.4 Å². The maximum atomic E-state index is 14.0. The monoisotopic (exact) mass is 626 g/mol. The summed E-state index contributed by atoms with van der Waals surface area (Å²) in [5.74, 6) is -2.91. The number of thiazole rings is 1. The molecule has 0 bridgehead atoms. The molecule has 3 amide bonds. The van der Waals surface area contributed by atoms with Gasteiger partial charge < -0.3 is 19.5 Å². The number of fused-ring (bicyclic) bond motifs is 2. The molecule has 0 aliphatic carbocycles. The summed E-state index contributed by atoms with van der Waals surface area (Å²) in [6.45, 7) is 3.43. The molecule has 1 N–H and O–H groups in total. The van der Waals surface area contributed by atoms with Crippen LogP contribution < -0.4 is 14.5 Å². The molecule has 0 radical (unpaired) electrons. The average molecular weight is 627 g/mol. The van der Waals surface area contributed by atoms with Gasteiger partial charge in [-0.25, -0.2) is 4.90 Å². The molecule has 3 aliphatic rings. The number of hydrogen-bond donors (Lipinski definition) is 1. The minimum atomic E-state index is -0.941. The third-order valence-electron chi connectivity index (χ3n) is 7.67. The van der Waals surface area contributed by atoms with Crippen LogP contribution in [-0.4, -0.2) is 75.4 Å². The van der Waals surface area contributed by atoms with Crippen molar-refractivity contribution in [3.8, 4) is 11.5 Å². The Bertz CT molecular complexity index is 1680. The van der Waals surface area contributed by atoms with Crippen molar-refractivity contribution in [2.45, 2.75) is 29.7 Å². The van der Waals surface area contributed by atoms with Crippen LogP contribution in [0.4, 0.5) is 11.4 Å². The first-order chi connectivity index (χ1) is 20.7. The highest BCUT2D eigenvalue weighted by molar-refractivity contribution is 8.00. The van der Waals surface area contributed by atoms with Gasteiger partial charge in [-0.15, -0.1) is 0 Å². The maximum Gasteiger partial charge on any atom is 0.308 e. The lowest BCUT2D eigenvalue weighted by Gasteiger charge is -2.31. The summed E-state index contributed by atoms with van der Waals surface area (Å²) in [5.41, 5.74) is 0.562. The molecule has 3 aliphatic heterocycles. The van der Waals surface area contributed by atoms with Crippen molar-refractivity contribution < 1.29 is 33.9 Å². The van der Waals surface area contributed by atoms with E-state index >= 15 is 0 Å². The van der Waals surface area contributed by atoms with Crippen LogP contribution in [0.5, 0.6) is 11.5 Å². The fourth-order valence-corrected chi connectivity index (χ4v) is 8.41. The molecule has 2 fully saturated rings. The van der Waals surface area contributed by atoms with Gasteiger partial charge in [0.1, 0.15) is 11.8 Å². The molecule has 1 aromatic heterocycles. The fourth-order valence-electron chi connectivity index (χ4n) is 5.64. The zero-order valence-electron chi connectivity index (χ0n) is 22.8. The van der Waals surface area contributed by atoms with E-state index in [0.29, 0.717) is 41.8 Å². The third-order valence-corrected chi connectivity index (χ3v) is 10.3. The molecule has 4 heterocycles. The van der Waals surface area contributed by atoms with E-state index in [1.165, 1.54) is 34.9 Å². The fraction of sp³-hybridized carbons (Fsp3) is 0.357. The van der Waals surface area contributed by atoms with Crippen LogP contribution in [0.3, 0.4) is 0 Å². The number of amides is 3. The molecule has 224 valence electrons. The van der Waals surface area contributed by atoms with Crippen molar-refractivity contribution in [3.63, 3.8) is 0 Å². The number of nitro benzene ring substituents is 1. The van der Waals surface area contributed by atoms with Crippen molar-refractivity contribution >= 4 is 52.2 Å². The number of rotatable bonds is 7. The van der Waals surface area contributed by atoms with Gasteiger partial charge in [0, 0.05) is 36.0 Å². The molecule has 2 saturated heterocycles. The minimum absolute atomic E-state index is 0.101. The van der Waals surface area contributed by atoms with Gasteiger partial charge in [0.25, 0.3) is 5.69 Å². The van der Waals surface area contributed by atoms with Crippen LogP contribution in [0.1, 0.15) is 23.3 Å². The number of nitro groups is 1. The molecule has 0 saturated carbocycles. The average Bonchev–Trinajstić information content (AvgIpc) is 3.45. The lowest BCUT2D eigenvalue weighted by molar-refractivity contribution is -0.384. The van der Waals surface area contributed by atoms with E-state index in [1.54, 1.807) is 24.0 Å². The third kappa shape index (κ3) is 5.06. The topological polar surface area (TPSA) is 162 Å². The van der Waals surface area contributed by atoms with Gasteiger partial charge in [-0.1, -0.05) is 29.2 Å². The standard InChI is InChI=1S/C28H26N4O9S2/c1-2-41-19-13-15(3-8-18(19)33)21-22-23(26(36)31(25(22)35)16-4-6-17(7-5-16)32(38)39)42-27-24(21)43-28(37)30(27)14-20(34)29-9-11-40-12-10-29/h3-8,13,21-23,33H,2,9-12,14H2,1H3/t21-,22?,23?/m0/s1. The molecule has 2 unspecified atom stereocenters. The van der Waals surface area contributed by atoms with Crippen molar-refractivity contribution in [2.75, 3.05) is 37.8 Å². The summed E-state index contributed by atoms with van der Waals surface area (Å²) in [5, 5.41) is 21.0. The Hall–Kier alpha value is -4.21. The SMILES string of the molecule is CCOc1cc([C@@H]2c3sc(=O)n(CC(=O)N4CCOCC4)c3SC3C(=O)N(c4ccc([N+](=O)[O-])cc4)C(=O)C32)ccc1O. The van der Waals surface area contributed by atoms with Crippen LogP contribution in [-0.2, 0) is 25.7 Å². The van der Waals surface area contributed by atoms with Crippen LogP contribution >= 0.6 is 23.1 Å². The number of phenols is 1. The Morgan fingerprint density at radius 1 is 1.12 bits per heavy atom. The largest absolute Gasteiger partial charge is 0.504 e. The predicted octanol–water partition coefficient (Wildman–Crippen LogP) is 2.58. The van der Waals surface area contributed by atoms with Gasteiger partial charge in [-0.3, -0.25) is 33.9 Å². The number of aromatic hydroxyl groups is 1. The van der Waals surface area contributed by atoms with Crippen LogP contribution in [0.2, 0.25) is 0 Å². The number of phenolic OH excluding ortho intramolecular Hbond substituents is 1. The van der Waals surface area contributed by atoms with Crippen molar-refractivity contribution in [1.29, 1.82) is 0 Å². The number of ether oxygens (including phenoxy) is 2. The molecule has 6 rings (SSSR count). The predicted molar refractivity (Wildman–Crippen MR) is 156 cm³/mol. The molecule has 0 spiro atoms.